The van der Waals surface area contributed by atoms with Gasteiger partial charge in [-0.15, -0.1) is 0 Å². The van der Waals surface area contributed by atoms with Crippen LogP contribution in [-0.4, -0.2) is 44.6 Å². The Hall–Kier alpha value is -1.17. The summed E-state index contributed by atoms with van der Waals surface area (Å²) < 4.78 is 16.0. The molecule has 0 aromatic carbocycles. The molecule has 1 aromatic rings. The number of hydrogen-bond donors (Lipinski definition) is 1. The molecule has 1 aliphatic rings. The van der Waals surface area contributed by atoms with Crippen LogP contribution < -0.4 is 10.1 Å². The molecular weight excluding hydrogens is 220 g/mol. The maximum absolute atomic E-state index is 5.54. The van der Waals surface area contributed by atoms with Crippen LogP contribution in [0.1, 0.15) is 5.56 Å². The zero-order valence-electron chi connectivity index (χ0n) is 10.0. The number of ether oxygens (including phenoxy) is 3. The Morgan fingerprint density at radius 1 is 1.53 bits per heavy atom. The molecule has 1 aliphatic heterocycles. The van der Waals surface area contributed by atoms with Crippen molar-refractivity contribution in [1.29, 1.82) is 0 Å². The summed E-state index contributed by atoms with van der Waals surface area (Å²) in [5.74, 6) is 0.667. The van der Waals surface area contributed by atoms with Gasteiger partial charge in [-0.2, -0.15) is 0 Å². The smallest absolute Gasteiger partial charge is 0.217 e. The van der Waals surface area contributed by atoms with Crippen molar-refractivity contribution in [3.8, 4) is 5.88 Å². The van der Waals surface area contributed by atoms with Gasteiger partial charge in [-0.25, -0.2) is 4.98 Å². The van der Waals surface area contributed by atoms with E-state index < -0.39 is 0 Å². The molecule has 1 saturated heterocycles. The van der Waals surface area contributed by atoms with Crippen LogP contribution in [0, 0.1) is 0 Å². The highest BCUT2D eigenvalue weighted by Gasteiger charge is 2.13. The predicted molar refractivity (Wildman–Crippen MR) is 63.1 cm³/mol. The van der Waals surface area contributed by atoms with Crippen molar-refractivity contribution in [1.82, 2.24) is 10.3 Å². The quantitative estimate of drug-likeness (QED) is 0.814. The molecule has 2 rings (SSSR count). The van der Waals surface area contributed by atoms with E-state index in [1.165, 1.54) is 0 Å². The van der Waals surface area contributed by atoms with Crippen molar-refractivity contribution in [2.75, 3.05) is 33.5 Å². The van der Waals surface area contributed by atoms with E-state index in [-0.39, 0.29) is 6.10 Å². The van der Waals surface area contributed by atoms with E-state index in [0.717, 1.165) is 18.7 Å². The average molecular weight is 238 g/mol. The van der Waals surface area contributed by atoms with Crippen LogP contribution in [0.25, 0.3) is 0 Å². The molecule has 2 heterocycles. The Balaban J connectivity index is 1.77. The molecule has 1 N–H and O–H groups in total. The maximum atomic E-state index is 5.54. The number of nitrogens with one attached hydrogen (secondary N) is 1. The van der Waals surface area contributed by atoms with Gasteiger partial charge >= 0.3 is 0 Å². The zero-order chi connectivity index (χ0) is 11.9. The van der Waals surface area contributed by atoms with Crippen LogP contribution in [0.5, 0.6) is 5.88 Å². The van der Waals surface area contributed by atoms with E-state index in [4.69, 9.17) is 14.2 Å². The van der Waals surface area contributed by atoms with Gasteiger partial charge in [0, 0.05) is 24.8 Å². The highest BCUT2D eigenvalue weighted by molar-refractivity contribution is 5.24. The summed E-state index contributed by atoms with van der Waals surface area (Å²) in [6.45, 7) is 3.54. The lowest BCUT2D eigenvalue weighted by atomic mass is 10.2. The summed E-state index contributed by atoms with van der Waals surface area (Å²) in [5.41, 5.74) is 1.05. The molecule has 0 bridgehead atoms. The first kappa shape index (κ1) is 12.3. The van der Waals surface area contributed by atoms with Crippen molar-refractivity contribution in [3.05, 3.63) is 23.9 Å². The van der Waals surface area contributed by atoms with Crippen molar-refractivity contribution in [2.24, 2.45) is 0 Å². The van der Waals surface area contributed by atoms with Gasteiger partial charge in [0.1, 0.15) is 0 Å². The fourth-order valence-electron chi connectivity index (χ4n) is 1.76. The van der Waals surface area contributed by atoms with Crippen LogP contribution in [-0.2, 0) is 16.0 Å². The van der Waals surface area contributed by atoms with Crippen LogP contribution in [0.2, 0.25) is 0 Å². The number of rotatable bonds is 5. The van der Waals surface area contributed by atoms with E-state index in [9.17, 15) is 0 Å². The molecule has 1 aromatic heterocycles. The van der Waals surface area contributed by atoms with Gasteiger partial charge < -0.3 is 19.5 Å². The van der Waals surface area contributed by atoms with Crippen molar-refractivity contribution in [2.45, 2.75) is 12.6 Å². The number of nitrogens with zero attached hydrogens (tertiary/aromatic N) is 1. The largest absolute Gasteiger partial charge is 0.481 e. The lowest BCUT2D eigenvalue weighted by Gasteiger charge is -2.23. The van der Waals surface area contributed by atoms with E-state index in [0.29, 0.717) is 25.7 Å². The Morgan fingerprint density at radius 2 is 2.47 bits per heavy atom. The molecule has 5 heteroatoms. The molecule has 1 atom stereocenters. The number of aromatic nitrogens is 1. The van der Waals surface area contributed by atoms with E-state index in [2.05, 4.69) is 10.3 Å². The highest BCUT2D eigenvalue weighted by atomic mass is 16.6. The minimum Gasteiger partial charge on any atom is -0.481 e. The number of hydrogen-bond acceptors (Lipinski definition) is 5. The summed E-state index contributed by atoms with van der Waals surface area (Å²) in [4.78, 5) is 4.14. The third-order valence-corrected chi connectivity index (χ3v) is 2.62. The summed E-state index contributed by atoms with van der Waals surface area (Å²) in [6, 6.07) is 3.90. The second-order valence-corrected chi connectivity index (χ2v) is 3.87. The Bertz CT molecular complexity index is 340. The molecule has 94 valence electrons. The van der Waals surface area contributed by atoms with Gasteiger partial charge in [0.05, 0.1) is 33.0 Å². The second kappa shape index (κ2) is 6.54. The predicted octanol–water partition coefficient (Wildman–Crippen LogP) is 0.595. The van der Waals surface area contributed by atoms with E-state index in [1.807, 2.05) is 12.1 Å². The zero-order valence-corrected chi connectivity index (χ0v) is 10.0. The lowest BCUT2D eigenvalue weighted by molar-refractivity contribution is -0.0864. The summed E-state index contributed by atoms with van der Waals surface area (Å²) >= 11 is 0. The van der Waals surface area contributed by atoms with Gasteiger partial charge in [0.2, 0.25) is 5.88 Å². The van der Waals surface area contributed by atoms with Crippen molar-refractivity contribution in [3.63, 3.8) is 0 Å². The monoisotopic (exact) mass is 238 g/mol. The van der Waals surface area contributed by atoms with Gasteiger partial charge in [-0.3, -0.25) is 0 Å². The number of methoxy groups -OCH3 is 1. The van der Waals surface area contributed by atoms with E-state index >= 15 is 0 Å². The fraction of sp³-hybridized carbons (Fsp3) is 0.583. The summed E-state index contributed by atoms with van der Waals surface area (Å²) in [6.07, 6.45) is 1.87. The van der Waals surface area contributed by atoms with Crippen LogP contribution in [0.15, 0.2) is 18.3 Å². The molecule has 0 spiro atoms. The Kier molecular flexibility index (Phi) is 4.73. The summed E-state index contributed by atoms with van der Waals surface area (Å²) in [5, 5.41) is 3.32. The minimum atomic E-state index is 0.145. The molecular formula is C12H18N2O3. The SMILES string of the molecule is COc1ncccc1CNCC1COCCO1. The van der Waals surface area contributed by atoms with Crippen molar-refractivity contribution >= 4 is 0 Å². The molecule has 1 unspecified atom stereocenters. The molecule has 17 heavy (non-hydrogen) atoms. The van der Waals surface area contributed by atoms with Crippen molar-refractivity contribution < 1.29 is 14.2 Å². The molecule has 0 radical (unpaired) electrons. The van der Waals surface area contributed by atoms with Gasteiger partial charge in [-0.05, 0) is 6.07 Å². The highest BCUT2D eigenvalue weighted by Crippen LogP contribution is 2.12. The van der Waals surface area contributed by atoms with Crippen LogP contribution in [0.4, 0.5) is 0 Å². The Labute approximate surface area is 101 Å². The molecule has 1 fully saturated rings. The lowest BCUT2D eigenvalue weighted by Crippen LogP contribution is -2.37. The maximum Gasteiger partial charge on any atom is 0.217 e. The average Bonchev–Trinajstić information content (AvgIpc) is 2.40. The molecule has 0 saturated carbocycles. The number of pyridine rings is 1. The summed E-state index contributed by atoms with van der Waals surface area (Å²) in [7, 11) is 1.63. The second-order valence-electron chi connectivity index (χ2n) is 3.87. The van der Waals surface area contributed by atoms with E-state index in [1.54, 1.807) is 13.3 Å². The first-order valence-electron chi connectivity index (χ1n) is 5.78. The first-order chi connectivity index (χ1) is 8.40. The standard InChI is InChI=1S/C12H18N2O3/c1-15-12-10(3-2-4-14-12)7-13-8-11-9-16-5-6-17-11/h2-4,11,13H,5-9H2,1H3. The molecule has 5 nitrogen and oxygen atoms in total. The third-order valence-electron chi connectivity index (χ3n) is 2.62. The van der Waals surface area contributed by atoms with Gasteiger partial charge in [0.25, 0.3) is 0 Å². The molecule has 0 aliphatic carbocycles. The third kappa shape index (κ3) is 3.66. The minimum absolute atomic E-state index is 0.145. The first-order valence-corrected chi connectivity index (χ1v) is 5.78. The normalized spacial score (nSPS) is 20.2. The molecule has 0 amide bonds. The van der Waals surface area contributed by atoms with Gasteiger partial charge in [0.15, 0.2) is 0 Å². The van der Waals surface area contributed by atoms with Gasteiger partial charge in [-0.1, -0.05) is 6.07 Å². The fourth-order valence-corrected chi connectivity index (χ4v) is 1.76. The topological polar surface area (TPSA) is 52.6 Å². The Morgan fingerprint density at radius 3 is 3.24 bits per heavy atom. The van der Waals surface area contributed by atoms with Crippen LogP contribution in [0.3, 0.4) is 0 Å². The van der Waals surface area contributed by atoms with Crippen LogP contribution >= 0.6 is 0 Å².